The first-order valence-corrected chi connectivity index (χ1v) is 8.11. The zero-order chi connectivity index (χ0) is 17.0. The number of nitrogens with one attached hydrogen (secondary N) is 1. The lowest BCUT2D eigenvalue weighted by Crippen LogP contribution is -2.38. The van der Waals surface area contributed by atoms with Crippen molar-refractivity contribution < 1.29 is 14.6 Å². The summed E-state index contributed by atoms with van der Waals surface area (Å²) in [6.45, 7) is 1.69. The van der Waals surface area contributed by atoms with Gasteiger partial charge in [-0.25, -0.2) is 0 Å². The van der Waals surface area contributed by atoms with Crippen molar-refractivity contribution >= 4 is 33.4 Å². The minimum absolute atomic E-state index is 0.0587. The number of aliphatic hydroxyl groups is 1. The second kappa shape index (κ2) is 7.34. The molecule has 23 heavy (non-hydrogen) atoms. The van der Waals surface area contributed by atoms with Crippen LogP contribution >= 0.6 is 27.5 Å². The third-order valence-corrected chi connectivity index (χ3v) is 4.21. The van der Waals surface area contributed by atoms with E-state index in [1.165, 1.54) is 7.11 Å². The Labute approximate surface area is 148 Å². The van der Waals surface area contributed by atoms with Gasteiger partial charge in [0.05, 0.1) is 19.2 Å². The fraction of sp³-hybridized carbons (Fsp3) is 0.235. The number of hydrogen-bond donors (Lipinski definition) is 2. The summed E-state index contributed by atoms with van der Waals surface area (Å²) in [7, 11) is 1.50. The lowest BCUT2D eigenvalue weighted by molar-refractivity contribution is 0.0525. The van der Waals surface area contributed by atoms with Crippen LogP contribution in [0.2, 0.25) is 5.02 Å². The molecule has 0 saturated heterocycles. The van der Waals surface area contributed by atoms with Gasteiger partial charge in [0, 0.05) is 9.50 Å². The summed E-state index contributed by atoms with van der Waals surface area (Å²) in [6, 6.07) is 12.0. The highest BCUT2D eigenvalue weighted by molar-refractivity contribution is 9.10. The van der Waals surface area contributed by atoms with Gasteiger partial charge in [-0.3, -0.25) is 4.79 Å². The Morgan fingerprint density at radius 2 is 1.96 bits per heavy atom. The molecule has 0 radical (unpaired) electrons. The van der Waals surface area contributed by atoms with E-state index in [2.05, 4.69) is 21.2 Å². The van der Waals surface area contributed by atoms with Crippen LogP contribution in [0.1, 0.15) is 22.8 Å². The van der Waals surface area contributed by atoms with Gasteiger partial charge in [0.15, 0.2) is 0 Å². The molecule has 1 atom stereocenters. The van der Waals surface area contributed by atoms with Crippen molar-refractivity contribution in [2.75, 3.05) is 13.7 Å². The minimum atomic E-state index is -1.21. The molecule has 0 aliphatic heterocycles. The first-order valence-electron chi connectivity index (χ1n) is 6.93. The van der Waals surface area contributed by atoms with Gasteiger partial charge >= 0.3 is 0 Å². The maximum absolute atomic E-state index is 12.4. The van der Waals surface area contributed by atoms with Crippen LogP contribution < -0.4 is 10.1 Å². The number of ether oxygens (including phenoxy) is 1. The zero-order valence-electron chi connectivity index (χ0n) is 12.8. The number of amides is 1. The van der Waals surface area contributed by atoms with Gasteiger partial charge in [-0.15, -0.1) is 0 Å². The number of methoxy groups -OCH3 is 1. The van der Waals surface area contributed by atoms with E-state index in [1.54, 1.807) is 49.4 Å². The highest BCUT2D eigenvalue weighted by atomic mass is 79.9. The molecule has 0 heterocycles. The number of carbonyl (C=O) groups excluding carboxylic acids is 1. The fourth-order valence-electron chi connectivity index (χ4n) is 2.12. The van der Waals surface area contributed by atoms with E-state index in [0.717, 1.165) is 4.47 Å². The molecule has 0 saturated carbocycles. The van der Waals surface area contributed by atoms with Crippen LogP contribution in [-0.4, -0.2) is 24.7 Å². The van der Waals surface area contributed by atoms with Crippen molar-refractivity contribution in [2.24, 2.45) is 0 Å². The Balaban J connectivity index is 2.12. The fourth-order valence-corrected chi connectivity index (χ4v) is 2.60. The molecule has 122 valence electrons. The monoisotopic (exact) mass is 397 g/mol. The summed E-state index contributed by atoms with van der Waals surface area (Å²) in [6.07, 6.45) is 0. The van der Waals surface area contributed by atoms with Crippen LogP contribution in [0.4, 0.5) is 0 Å². The largest absolute Gasteiger partial charge is 0.496 e. The predicted molar refractivity (Wildman–Crippen MR) is 94.1 cm³/mol. The van der Waals surface area contributed by atoms with Crippen LogP contribution in [-0.2, 0) is 5.60 Å². The maximum atomic E-state index is 12.4. The molecule has 0 spiro atoms. The third-order valence-electron chi connectivity index (χ3n) is 3.47. The normalized spacial score (nSPS) is 13.3. The van der Waals surface area contributed by atoms with E-state index in [-0.39, 0.29) is 12.5 Å². The zero-order valence-corrected chi connectivity index (χ0v) is 15.1. The minimum Gasteiger partial charge on any atom is -0.496 e. The van der Waals surface area contributed by atoms with E-state index in [9.17, 15) is 9.90 Å². The Morgan fingerprint density at radius 1 is 1.30 bits per heavy atom. The lowest BCUT2D eigenvalue weighted by Gasteiger charge is -2.24. The molecule has 2 aromatic carbocycles. The van der Waals surface area contributed by atoms with Gasteiger partial charge in [0.25, 0.3) is 5.91 Å². The molecule has 2 rings (SSSR count). The Bertz CT molecular complexity index is 701. The van der Waals surface area contributed by atoms with Crippen LogP contribution in [0.5, 0.6) is 5.75 Å². The molecule has 0 aliphatic carbocycles. The van der Waals surface area contributed by atoms with Crippen molar-refractivity contribution in [3.8, 4) is 5.75 Å². The second-order valence-electron chi connectivity index (χ2n) is 5.31. The molecule has 0 fully saturated rings. The van der Waals surface area contributed by atoms with Gasteiger partial charge < -0.3 is 15.2 Å². The Hall–Kier alpha value is -1.56. The van der Waals surface area contributed by atoms with E-state index in [4.69, 9.17) is 16.3 Å². The molecule has 1 unspecified atom stereocenters. The SMILES string of the molecule is COc1ccc(Br)cc1C(=O)NCC(C)(O)c1ccc(Cl)cc1. The Morgan fingerprint density at radius 3 is 2.57 bits per heavy atom. The Kier molecular flexibility index (Phi) is 5.68. The topological polar surface area (TPSA) is 58.6 Å². The van der Waals surface area contributed by atoms with E-state index in [0.29, 0.717) is 21.9 Å². The molecule has 0 bridgehead atoms. The molecule has 0 aliphatic rings. The number of halogens is 2. The number of carbonyl (C=O) groups is 1. The average molecular weight is 399 g/mol. The van der Waals surface area contributed by atoms with Gasteiger partial charge in [-0.05, 0) is 42.8 Å². The first-order chi connectivity index (χ1) is 10.8. The van der Waals surface area contributed by atoms with Crippen molar-refractivity contribution in [1.82, 2.24) is 5.32 Å². The standard InChI is InChI=1S/C17H17BrClNO3/c1-17(22,11-3-6-13(19)7-4-11)10-20-16(21)14-9-12(18)5-8-15(14)23-2/h3-9,22H,10H2,1-2H3,(H,20,21). The summed E-state index contributed by atoms with van der Waals surface area (Å²) in [5.74, 6) is 0.147. The predicted octanol–water partition coefficient (Wildman–Crippen LogP) is 3.75. The van der Waals surface area contributed by atoms with E-state index >= 15 is 0 Å². The molecule has 0 aromatic heterocycles. The smallest absolute Gasteiger partial charge is 0.255 e. The van der Waals surface area contributed by atoms with Gasteiger partial charge in [-0.1, -0.05) is 39.7 Å². The van der Waals surface area contributed by atoms with Crippen molar-refractivity contribution in [3.05, 3.63) is 63.1 Å². The van der Waals surface area contributed by atoms with Gasteiger partial charge in [0.2, 0.25) is 0 Å². The van der Waals surface area contributed by atoms with E-state index < -0.39 is 5.60 Å². The van der Waals surface area contributed by atoms with Crippen LogP contribution in [0, 0.1) is 0 Å². The quantitative estimate of drug-likeness (QED) is 0.806. The van der Waals surface area contributed by atoms with E-state index in [1.807, 2.05) is 0 Å². The third kappa shape index (κ3) is 4.47. The molecule has 2 N–H and O–H groups in total. The van der Waals surface area contributed by atoms with Crippen LogP contribution in [0.3, 0.4) is 0 Å². The van der Waals surface area contributed by atoms with Gasteiger partial charge in [-0.2, -0.15) is 0 Å². The number of rotatable bonds is 5. The van der Waals surface area contributed by atoms with Crippen molar-refractivity contribution in [2.45, 2.75) is 12.5 Å². The molecular weight excluding hydrogens is 382 g/mol. The molecule has 4 nitrogen and oxygen atoms in total. The lowest BCUT2D eigenvalue weighted by atomic mass is 9.96. The number of benzene rings is 2. The highest BCUT2D eigenvalue weighted by Crippen LogP contribution is 2.24. The molecule has 6 heteroatoms. The first kappa shape index (κ1) is 17.8. The highest BCUT2D eigenvalue weighted by Gasteiger charge is 2.24. The number of hydrogen-bond acceptors (Lipinski definition) is 3. The summed E-state index contributed by atoms with van der Waals surface area (Å²) < 4.78 is 5.96. The van der Waals surface area contributed by atoms with Crippen molar-refractivity contribution in [1.29, 1.82) is 0 Å². The molecule has 1 amide bonds. The summed E-state index contributed by atoms with van der Waals surface area (Å²) >= 11 is 9.18. The van der Waals surface area contributed by atoms with Crippen LogP contribution in [0.15, 0.2) is 46.9 Å². The second-order valence-corrected chi connectivity index (χ2v) is 6.66. The summed E-state index contributed by atoms with van der Waals surface area (Å²) in [5.41, 5.74) is -0.142. The molecule has 2 aromatic rings. The van der Waals surface area contributed by atoms with Crippen LogP contribution in [0.25, 0.3) is 0 Å². The summed E-state index contributed by atoms with van der Waals surface area (Å²) in [4.78, 5) is 12.4. The average Bonchev–Trinajstić information content (AvgIpc) is 2.53. The van der Waals surface area contributed by atoms with Gasteiger partial charge in [0.1, 0.15) is 11.4 Å². The summed E-state index contributed by atoms with van der Waals surface area (Å²) in [5, 5.41) is 13.9. The molecular formula is C17H17BrClNO3. The maximum Gasteiger partial charge on any atom is 0.255 e. The van der Waals surface area contributed by atoms with Crippen molar-refractivity contribution in [3.63, 3.8) is 0 Å².